The lowest BCUT2D eigenvalue weighted by atomic mass is 9.92. The fraction of sp³-hybridized carbons (Fsp3) is 0.240. The van der Waals surface area contributed by atoms with Crippen LogP contribution >= 0.6 is 11.6 Å². The zero-order valence-corrected chi connectivity index (χ0v) is 17.5. The molecule has 1 saturated heterocycles. The molecule has 1 aromatic heterocycles. The van der Waals surface area contributed by atoms with Crippen LogP contribution in [0.2, 0.25) is 5.02 Å². The minimum absolute atomic E-state index is 0.594. The van der Waals surface area contributed by atoms with Gasteiger partial charge in [0.05, 0.1) is 5.69 Å². The van der Waals surface area contributed by atoms with Crippen LogP contribution in [-0.2, 0) is 11.3 Å². The Bertz CT molecular complexity index is 1070. The van der Waals surface area contributed by atoms with Gasteiger partial charge < -0.3 is 15.4 Å². The molecule has 0 unspecified atom stereocenters. The molecule has 0 saturated carbocycles. The Morgan fingerprint density at radius 3 is 2.63 bits per heavy atom. The average molecular weight is 418 g/mol. The number of anilines is 2. The summed E-state index contributed by atoms with van der Waals surface area (Å²) in [6.45, 7) is 2.45. The van der Waals surface area contributed by atoms with E-state index in [1.165, 1.54) is 5.56 Å². The molecule has 3 aromatic rings. The van der Waals surface area contributed by atoms with Gasteiger partial charge in [-0.3, -0.25) is 0 Å². The van der Waals surface area contributed by atoms with Crippen LogP contribution in [0.5, 0.6) is 0 Å². The van der Waals surface area contributed by atoms with Gasteiger partial charge in [0.15, 0.2) is 0 Å². The van der Waals surface area contributed by atoms with Gasteiger partial charge in [-0.1, -0.05) is 41.9 Å². The Balaban J connectivity index is 1.47. The summed E-state index contributed by atoms with van der Waals surface area (Å²) in [5.74, 6) is 1.45. The third-order valence-corrected chi connectivity index (χ3v) is 6.16. The number of rotatable bonds is 4. The molecule has 5 heteroatoms. The van der Waals surface area contributed by atoms with E-state index in [4.69, 9.17) is 21.3 Å². The highest BCUT2D eigenvalue weighted by molar-refractivity contribution is 6.33. The average Bonchev–Trinajstić information content (AvgIpc) is 2.80. The van der Waals surface area contributed by atoms with E-state index in [2.05, 4.69) is 47.0 Å². The number of hydrogen-bond acceptors (Lipinski definition) is 4. The van der Waals surface area contributed by atoms with E-state index >= 15 is 0 Å². The molecule has 2 aromatic carbocycles. The van der Waals surface area contributed by atoms with Gasteiger partial charge in [0.2, 0.25) is 0 Å². The van der Waals surface area contributed by atoms with Crippen LogP contribution in [0.4, 0.5) is 11.5 Å². The van der Waals surface area contributed by atoms with Crippen molar-refractivity contribution in [3.63, 3.8) is 0 Å². The van der Waals surface area contributed by atoms with Gasteiger partial charge in [-0.05, 0) is 66.4 Å². The molecule has 0 bridgehead atoms. The zero-order chi connectivity index (χ0) is 20.3. The van der Waals surface area contributed by atoms with Gasteiger partial charge in [-0.15, -0.1) is 0 Å². The lowest BCUT2D eigenvalue weighted by molar-refractivity contribution is 0.0853. The van der Waals surface area contributed by atoms with Gasteiger partial charge in [0.1, 0.15) is 5.82 Å². The minimum Gasteiger partial charge on any atom is -0.387 e. The van der Waals surface area contributed by atoms with Gasteiger partial charge in [-0.25, -0.2) is 4.98 Å². The van der Waals surface area contributed by atoms with Gasteiger partial charge in [0, 0.05) is 41.6 Å². The maximum absolute atomic E-state index is 6.45. The maximum Gasteiger partial charge on any atom is 0.136 e. The number of nitrogens with zero attached hydrogens (tertiary/aromatic N) is 1. The minimum atomic E-state index is 0.594. The van der Waals surface area contributed by atoms with Crippen LogP contribution in [0, 0.1) is 0 Å². The molecule has 1 fully saturated rings. The van der Waals surface area contributed by atoms with E-state index in [1.54, 1.807) is 0 Å². The lowest BCUT2D eigenvalue weighted by Crippen LogP contribution is -2.14. The predicted molar refractivity (Wildman–Crippen MR) is 123 cm³/mol. The Kier molecular flexibility index (Phi) is 5.43. The van der Waals surface area contributed by atoms with Crippen molar-refractivity contribution in [2.45, 2.75) is 25.3 Å². The first-order chi connectivity index (χ1) is 14.8. The normalized spacial score (nSPS) is 16.0. The van der Waals surface area contributed by atoms with Crippen LogP contribution in [0.3, 0.4) is 0 Å². The highest BCUT2D eigenvalue weighted by Crippen LogP contribution is 2.33. The number of ether oxygens (including phenoxy) is 1. The van der Waals surface area contributed by atoms with Crippen molar-refractivity contribution in [1.29, 1.82) is 0 Å². The number of halogens is 1. The van der Waals surface area contributed by atoms with Crippen molar-refractivity contribution in [2.24, 2.45) is 0 Å². The molecule has 2 N–H and O–H groups in total. The lowest BCUT2D eigenvalue weighted by Gasteiger charge is -2.23. The zero-order valence-electron chi connectivity index (χ0n) is 16.7. The quantitative estimate of drug-likeness (QED) is 0.537. The largest absolute Gasteiger partial charge is 0.387 e. The SMILES string of the molecule is Clc1ccccc1-c1cc2c(c(Nc3ccc(C4CCOCC4)cc3)n1)CNC=C2. The molecule has 30 heavy (non-hydrogen) atoms. The number of fused-ring (bicyclic) bond motifs is 1. The van der Waals surface area contributed by atoms with Crippen molar-refractivity contribution in [1.82, 2.24) is 10.3 Å². The van der Waals surface area contributed by atoms with E-state index < -0.39 is 0 Å². The first kappa shape index (κ1) is 19.2. The molecule has 0 radical (unpaired) electrons. The number of pyridine rings is 1. The Morgan fingerprint density at radius 1 is 1.03 bits per heavy atom. The summed E-state index contributed by atoms with van der Waals surface area (Å²) in [5.41, 5.74) is 6.53. The second kappa shape index (κ2) is 8.50. The van der Waals surface area contributed by atoms with E-state index in [0.717, 1.165) is 66.5 Å². The second-order valence-electron chi connectivity index (χ2n) is 7.75. The van der Waals surface area contributed by atoms with Gasteiger partial charge in [0.25, 0.3) is 0 Å². The van der Waals surface area contributed by atoms with Crippen LogP contribution in [0.15, 0.2) is 60.8 Å². The molecule has 0 atom stereocenters. The third kappa shape index (κ3) is 3.93. The smallest absolute Gasteiger partial charge is 0.136 e. The van der Waals surface area contributed by atoms with Crippen molar-refractivity contribution in [3.05, 3.63) is 82.5 Å². The second-order valence-corrected chi connectivity index (χ2v) is 8.16. The molecular weight excluding hydrogens is 394 g/mol. The molecule has 2 aliphatic rings. The summed E-state index contributed by atoms with van der Waals surface area (Å²) in [5, 5.41) is 7.53. The number of hydrogen-bond donors (Lipinski definition) is 2. The summed E-state index contributed by atoms with van der Waals surface area (Å²) < 4.78 is 5.49. The molecule has 5 rings (SSSR count). The van der Waals surface area contributed by atoms with Crippen LogP contribution < -0.4 is 10.6 Å². The monoisotopic (exact) mass is 417 g/mol. The standard InChI is InChI=1S/C25H24ClN3O/c26-23-4-2-1-3-21(23)24-15-19-9-12-27-16-22(19)25(29-24)28-20-7-5-17(6-8-20)18-10-13-30-14-11-18/h1-9,12,15,18,27H,10-11,13-14,16H2,(H,28,29). The Labute approximate surface area is 182 Å². The molecule has 3 heterocycles. The van der Waals surface area contributed by atoms with E-state index in [0.29, 0.717) is 10.9 Å². The molecule has 4 nitrogen and oxygen atoms in total. The number of benzene rings is 2. The summed E-state index contributed by atoms with van der Waals surface area (Å²) >= 11 is 6.45. The number of nitrogens with one attached hydrogen (secondary N) is 2. The Hall–Kier alpha value is -2.82. The topological polar surface area (TPSA) is 46.2 Å². The van der Waals surface area contributed by atoms with E-state index in [-0.39, 0.29) is 0 Å². The molecule has 2 aliphatic heterocycles. The van der Waals surface area contributed by atoms with Crippen molar-refractivity contribution in [3.8, 4) is 11.3 Å². The Morgan fingerprint density at radius 2 is 1.83 bits per heavy atom. The van der Waals surface area contributed by atoms with Crippen LogP contribution in [0.25, 0.3) is 17.3 Å². The summed E-state index contributed by atoms with van der Waals surface area (Å²) in [6.07, 6.45) is 6.25. The van der Waals surface area contributed by atoms with Crippen molar-refractivity contribution < 1.29 is 4.74 Å². The maximum atomic E-state index is 6.45. The summed E-state index contributed by atoms with van der Waals surface area (Å²) in [6, 6.07) is 18.7. The first-order valence-corrected chi connectivity index (χ1v) is 10.8. The predicted octanol–water partition coefficient (Wildman–Crippen LogP) is 6.11. The fourth-order valence-corrected chi connectivity index (χ4v) is 4.38. The molecule has 0 spiro atoms. The first-order valence-electron chi connectivity index (χ1n) is 10.4. The van der Waals surface area contributed by atoms with Crippen LogP contribution in [0.1, 0.15) is 35.4 Å². The van der Waals surface area contributed by atoms with Crippen LogP contribution in [-0.4, -0.2) is 18.2 Å². The highest BCUT2D eigenvalue weighted by atomic mass is 35.5. The summed E-state index contributed by atoms with van der Waals surface area (Å²) in [4.78, 5) is 4.94. The fourth-order valence-electron chi connectivity index (χ4n) is 4.15. The molecular formula is C25H24ClN3O. The van der Waals surface area contributed by atoms with E-state index in [9.17, 15) is 0 Å². The third-order valence-electron chi connectivity index (χ3n) is 5.83. The summed E-state index contributed by atoms with van der Waals surface area (Å²) in [7, 11) is 0. The van der Waals surface area contributed by atoms with Gasteiger partial charge in [-0.2, -0.15) is 0 Å². The highest BCUT2D eigenvalue weighted by Gasteiger charge is 2.17. The van der Waals surface area contributed by atoms with E-state index in [1.807, 2.05) is 30.5 Å². The molecule has 0 aliphatic carbocycles. The van der Waals surface area contributed by atoms with Crippen molar-refractivity contribution >= 4 is 29.2 Å². The van der Waals surface area contributed by atoms with Crippen molar-refractivity contribution in [2.75, 3.05) is 18.5 Å². The number of aromatic nitrogens is 1. The molecule has 152 valence electrons. The molecule has 0 amide bonds. The van der Waals surface area contributed by atoms with Gasteiger partial charge >= 0.3 is 0 Å².